The summed E-state index contributed by atoms with van der Waals surface area (Å²) in [6.45, 7) is 2.38. The molecule has 0 fully saturated rings. The van der Waals surface area contributed by atoms with Gasteiger partial charge in [-0.05, 0) is 36.8 Å². The fourth-order valence-corrected chi connectivity index (χ4v) is 2.40. The number of para-hydroxylation sites is 2. The molecule has 0 spiro atoms. The molecule has 0 saturated carbocycles. The van der Waals surface area contributed by atoms with Gasteiger partial charge in [-0.25, -0.2) is 14.4 Å². The van der Waals surface area contributed by atoms with Crippen LogP contribution in [-0.2, 0) is 6.54 Å². The molecule has 0 amide bonds. The summed E-state index contributed by atoms with van der Waals surface area (Å²) in [5.41, 5.74) is 1.80. The Labute approximate surface area is 145 Å². The summed E-state index contributed by atoms with van der Waals surface area (Å²) < 4.78 is 18.3. The number of benzene rings is 2. The molecule has 1 aromatic heterocycles. The largest absolute Gasteiger partial charge is 0.495 e. The number of hydrogen-bond acceptors (Lipinski definition) is 5. The number of nitrogens with zero attached hydrogens (tertiary/aromatic N) is 2. The molecule has 25 heavy (non-hydrogen) atoms. The smallest absolute Gasteiger partial charge is 0.142 e. The summed E-state index contributed by atoms with van der Waals surface area (Å²) in [7, 11) is 1.63. The molecule has 3 rings (SSSR count). The van der Waals surface area contributed by atoms with E-state index in [1.807, 2.05) is 37.3 Å². The fourth-order valence-electron chi connectivity index (χ4n) is 2.40. The predicted octanol–water partition coefficient (Wildman–Crippen LogP) is 4.29. The molecule has 0 aliphatic heterocycles. The average molecular weight is 338 g/mol. The van der Waals surface area contributed by atoms with Crippen LogP contribution in [-0.4, -0.2) is 17.1 Å². The number of halogens is 1. The zero-order valence-corrected chi connectivity index (χ0v) is 14.1. The molecule has 3 aromatic rings. The summed E-state index contributed by atoms with van der Waals surface area (Å²) >= 11 is 0. The average Bonchev–Trinajstić information content (AvgIpc) is 2.61. The third-order valence-electron chi connectivity index (χ3n) is 3.59. The number of hydrogen-bond donors (Lipinski definition) is 2. The molecule has 2 aromatic carbocycles. The van der Waals surface area contributed by atoms with Crippen LogP contribution in [0, 0.1) is 12.7 Å². The number of methoxy groups -OCH3 is 1. The van der Waals surface area contributed by atoms with E-state index in [4.69, 9.17) is 4.74 Å². The Morgan fingerprint density at radius 2 is 1.72 bits per heavy atom. The van der Waals surface area contributed by atoms with Crippen LogP contribution in [0.5, 0.6) is 5.75 Å². The molecule has 6 heteroatoms. The minimum Gasteiger partial charge on any atom is -0.495 e. The van der Waals surface area contributed by atoms with E-state index in [1.165, 1.54) is 12.1 Å². The van der Waals surface area contributed by atoms with Gasteiger partial charge in [-0.3, -0.25) is 0 Å². The third-order valence-corrected chi connectivity index (χ3v) is 3.59. The molecule has 0 atom stereocenters. The molecule has 0 bridgehead atoms. The first kappa shape index (κ1) is 16.7. The lowest BCUT2D eigenvalue weighted by molar-refractivity contribution is 0.417. The van der Waals surface area contributed by atoms with E-state index in [9.17, 15) is 4.39 Å². The number of ether oxygens (including phenoxy) is 1. The Kier molecular flexibility index (Phi) is 5.09. The third kappa shape index (κ3) is 4.44. The number of aryl methyl sites for hydroxylation is 1. The van der Waals surface area contributed by atoms with E-state index in [1.54, 1.807) is 19.2 Å². The second-order valence-corrected chi connectivity index (χ2v) is 5.49. The van der Waals surface area contributed by atoms with Crippen molar-refractivity contribution in [2.24, 2.45) is 0 Å². The molecule has 0 radical (unpaired) electrons. The second-order valence-electron chi connectivity index (χ2n) is 5.49. The van der Waals surface area contributed by atoms with E-state index in [0.717, 1.165) is 17.0 Å². The zero-order chi connectivity index (χ0) is 17.6. The van der Waals surface area contributed by atoms with Crippen LogP contribution in [0.15, 0.2) is 54.6 Å². The summed E-state index contributed by atoms with van der Waals surface area (Å²) in [5.74, 6) is 2.49. The monoisotopic (exact) mass is 338 g/mol. The lowest BCUT2D eigenvalue weighted by Crippen LogP contribution is -2.05. The highest BCUT2D eigenvalue weighted by atomic mass is 19.1. The van der Waals surface area contributed by atoms with Crippen LogP contribution in [0.3, 0.4) is 0 Å². The van der Waals surface area contributed by atoms with Crippen molar-refractivity contribution in [2.75, 3.05) is 17.7 Å². The summed E-state index contributed by atoms with van der Waals surface area (Å²) in [6, 6.07) is 15.8. The van der Waals surface area contributed by atoms with Gasteiger partial charge >= 0.3 is 0 Å². The van der Waals surface area contributed by atoms with Crippen molar-refractivity contribution in [3.8, 4) is 5.75 Å². The first-order valence-electron chi connectivity index (χ1n) is 7.88. The molecule has 2 N–H and O–H groups in total. The number of rotatable bonds is 6. The van der Waals surface area contributed by atoms with Crippen LogP contribution < -0.4 is 15.4 Å². The molecule has 0 saturated heterocycles. The fraction of sp³-hybridized carbons (Fsp3) is 0.158. The second kappa shape index (κ2) is 7.61. The molecular formula is C19H19FN4O. The van der Waals surface area contributed by atoms with E-state index >= 15 is 0 Å². The Bertz CT molecular complexity index is 852. The highest BCUT2D eigenvalue weighted by Gasteiger charge is 2.06. The molecule has 5 nitrogen and oxygen atoms in total. The van der Waals surface area contributed by atoms with Crippen molar-refractivity contribution < 1.29 is 9.13 Å². The molecule has 0 aliphatic carbocycles. The van der Waals surface area contributed by atoms with Crippen molar-refractivity contribution in [2.45, 2.75) is 13.5 Å². The number of aromatic nitrogens is 2. The maximum atomic E-state index is 13.0. The lowest BCUT2D eigenvalue weighted by Gasteiger charge is -2.12. The minimum absolute atomic E-state index is 0.245. The van der Waals surface area contributed by atoms with Crippen LogP contribution in [0.25, 0.3) is 0 Å². The first-order chi connectivity index (χ1) is 12.1. The predicted molar refractivity (Wildman–Crippen MR) is 96.8 cm³/mol. The van der Waals surface area contributed by atoms with Gasteiger partial charge in [-0.2, -0.15) is 0 Å². The summed E-state index contributed by atoms with van der Waals surface area (Å²) in [5, 5.41) is 6.48. The van der Waals surface area contributed by atoms with Gasteiger partial charge in [0.15, 0.2) is 0 Å². The van der Waals surface area contributed by atoms with Gasteiger partial charge in [0.25, 0.3) is 0 Å². The van der Waals surface area contributed by atoms with Crippen molar-refractivity contribution in [3.05, 3.63) is 71.8 Å². The Balaban J connectivity index is 1.75. The SMILES string of the molecule is COc1ccccc1Nc1cc(NCc2ccc(F)cc2)nc(C)n1. The molecule has 0 aliphatic rings. The first-order valence-corrected chi connectivity index (χ1v) is 7.88. The lowest BCUT2D eigenvalue weighted by atomic mass is 10.2. The highest BCUT2D eigenvalue weighted by molar-refractivity contribution is 5.65. The van der Waals surface area contributed by atoms with Gasteiger partial charge in [-0.15, -0.1) is 0 Å². The van der Waals surface area contributed by atoms with E-state index in [-0.39, 0.29) is 5.82 Å². The quantitative estimate of drug-likeness (QED) is 0.702. The van der Waals surface area contributed by atoms with E-state index in [2.05, 4.69) is 20.6 Å². The van der Waals surface area contributed by atoms with Crippen LogP contribution >= 0.6 is 0 Å². The molecular weight excluding hydrogens is 319 g/mol. The van der Waals surface area contributed by atoms with Crippen molar-refractivity contribution in [3.63, 3.8) is 0 Å². The van der Waals surface area contributed by atoms with Crippen LogP contribution in [0.1, 0.15) is 11.4 Å². The Morgan fingerprint density at radius 3 is 2.48 bits per heavy atom. The van der Waals surface area contributed by atoms with Crippen molar-refractivity contribution >= 4 is 17.3 Å². The molecule has 1 heterocycles. The van der Waals surface area contributed by atoms with Gasteiger partial charge in [0.2, 0.25) is 0 Å². The highest BCUT2D eigenvalue weighted by Crippen LogP contribution is 2.27. The van der Waals surface area contributed by atoms with Gasteiger partial charge in [-0.1, -0.05) is 24.3 Å². The normalized spacial score (nSPS) is 10.4. The Hall–Kier alpha value is -3.15. The zero-order valence-electron chi connectivity index (χ0n) is 14.1. The van der Waals surface area contributed by atoms with Gasteiger partial charge in [0.1, 0.15) is 29.0 Å². The van der Waals surface area contributed by atoms with Gasteiger partial charge in [0.05, 0.1) is 12.8 Å². The standard InChI is InChI=1S/C19H19FN4O/c1-13-22-18(21-12-14-7-9-15(20)10-8-14)11-19(23-13)24-16-5-3-4-6-17(16)25-2/h3-11H,12H2,1-2H3,(H2,21,22,23,24). The number of nitrogens with one attached hydrogen (secondary N) is 2. The van der Waals surface area contributed by atoms with Gasteiger partial charge < -0.3 is 15.4 Å². The van der Waals surface area contributed by atoms with Gasteiger partial charge in [0, 0.05) is 12.6 Å². The van der Waals surface area contributed by atoms with Crippen LogP contribution in [0.2, 0.25) is 0 Å². The van der Waals surface area contributed by atoms with E-state index in [0.29, 0.717) is 24.0 Å². The van der Waals surface area contributed by atoms with Crippen molar-refractivity contribution in [1.82, 2.24) is 9.97 Å². The molecule has 128 valence electrons. The van der Waals surface area contributed by atoms with E-state index < -0.39 is 0 Å². The summed E-state index contributed by atoms with van der Waals surface area (Å²) in [4.78, 5) is 8.79. The maximum absolute atomic E-state index is 13.0. The van der Waals surface area contributed by atoms with Crippen LogP contribution in [0.4, 0.5) is 21.7 Å². The summed E-state index contributed by atoms with van der Waals surface area (Å²) in [6.07, 6.45) is 0. The Morgan fingerprint density at radius 1 is 1.00 bits per heavy atom. The number of anilines is 3. The molecule has 0 unspecified atom stereocenters. The minimum atomic E-state index is -0.245. The van der Waals surface area contributed by atoms with Crippen molar-refractivity contribution in [1.29, 1.82) is 0 Å². The topological polar surface area (TPSA) is 59.1 Å². The maximum Gasteiger partial charge on any atom is 0.142 e.